The first-order chi connectivity index (χ1) is 10.0. The molecule has 0 aromatic heterocycles. The van der Waals surface area contributed by atoms with Crippen LogP contribution in [0.15, 0.2) is 40.9 Å². The Hall–Kier alpha value is -0.710. The molecule has 0 saturated carbocycles. The molecule has 2 rings (SSSR count). The van der Waals surface area contributed by atoms with E-state index in [2.05, 4.69) is 37.9 Å². The van der Waals surface area contributed by atoms with Crippen molar-refractivity contribution in [3.8, 4) is 11.5 Å². The number of benzene rings is 2. The molecule has 5 heteroatoms. The standard InChI is InChI=1S/C16H15Br2ClO2/c1-20-15-9-14(18)16(21-2)8-12(15)13(17)7-10-4-3-5-11(19)6-10/h3-6,8-9,13H,7H2,1-2H3. The molecule has 21 heavy (non-hydrogen) atoms. The van der Waals surface area contributed by atoms with Crippen LogP contribution >= 0.6 is 43.5 Å². The molecule has 0 radical (unpaired) electrons. The molecule has 0 saturated heterocycles. The largest absolute Gasteiger partial charge is 0.496 e. The minimum atomic E-state index is 0.105. The first-order valence-electron chi connectivity index (χ1n) is 6.35. The van der Waals surface area contributed by atoms with Gasteiger partial charge < -0.3 is 9.47 Å². The number of rotatable bonds is 5. The molecule has 0 N–H and O–H groups in total. The summed E-state index contributed by atoms with van der Waals surface area (Å²) in [5.41, 5.74) is 2.20. The van der Waals surface area contributed by atoms with Crippen LogP contribution in [0, 0.1) is 0 Å². The molecule has 2 aromatic carbocycles. The Kier molecular flexibility index (Phi) is 5.97. The molecule has 0 spiro atoms. The molecular formula is C16H15Br2ClO2. The van der Waals surface area contributed by atoms with E-state index in [1.807, 2.05) is 30.3 Å². The maximum atomic E-state index is 6.04. The van der Waals surface area contributed by atoms with E-state index in [1.165, 1.54) is 0 Å². The van der Waals surface area contributed by atoms with Crippen molar-refractivity contribution in [2.45, 2.75) is 11.2 Å². The second-order valence-corrected chi connectivity index (χ2v) is 6.93. The number of ether oxygens (including phenoxy) is 2. The zero-order chi connectivity index (χ0) is 15.4. The lowest BCUT2D eigenvalue weighted by Crippen LogP contribution is -2.00. The van der Waals surface area contributed by atoms with E-state index in [9.17, 15) is 0 Å². The van der Waals surface area contributed by atoms with E-state index in [-0.39, 0.29) is 4.83 Å². The highest BCUT2D eigenvalue weighted by atomic mass is 79.9. The number of alkyl halides is 1. The van der Waals surface area contributed by atoms with Crippen molar-refractivity contribution in [2.75, 3.05) is 14.2 Å². The molecule has 0 bridgehead atoms. The average molecular weight is 435 g/mol. The van der Waals surface area contributed by atoms with Crippen molar-refractivity contribution in [3.63, 3.8) is 0 Å². The lowest BCUT2D eigenvalue weighted by molar-refractivity contribution is 0.396. The van der Waals surface area contributed by atoms with E-state index in [0.29, 0.717) is 0 Å². The van der Waals surface area contributed by atoms with Gasteiger partial charge in [0.05, 0.1) is 18.7 Å². The van der Waals surface area contributed by atoms with E-state index in [4.69, 9.17) is 21.1 Å². The highest BCUT2D eigenvalue weighted by Crippen LogP contribution is 2.40. The van der Waals surface area contributed by atoms with Crippen molar-refractivity contribution < 1.29 is 9.47 Å². The van der Waals surface area contributed by atoms with Crippen molar-refractivity contribution in [3.05, 3.63) is 57.0 Å². The van der Waals surface area contributed by atoms with Gasteiger partial charge in [0.2, 0.25) is 0 Å². The molecule has 2 aromatic rings. The van der Waals surface area contributed by atoms with Gasteiger partial charge >= 0.3 is 0 Å². The Morgan fingerprint density at radius 2 is 1.81 bits per heavy atom. The second kappa shape index (κ2) is 7.52. The summed E-state index contributed by atoms with van der Waals surface area (Å²) >= 11 is 13.2. The molecule has 112 valence electrons. The van der Waals surface area contributed by atoms with Gasteiger partial charge in [-0.3, -0.25) is 0 Å². The van der Waals surface area contributed by atoms with Crippen molar-refractivity contribution in [1.29, 1.82) is 0 Å². The number of hydrogen-bond donors (Lipinski definition) is 0. The summed E-state index contributed by atoms with van der Waals surface area (Å²) in [7, 11) is 3.31. The van der Waals surface area contributed by atoms with Gasteiger partial charge in [0, 0.05) is 15.4 Å². The first kappa shape index (κ1) is 16.7. The summed E-state index contributed by atoms with van der Waals surface area (Å²) in [4.78, 5) is 0.105. The van der Waals surface area contributed by atoms with Gasteiger partial charge in [-0.05, 0) is 52.2 Å². The summed E-state index contributed by atoms with van der Waals surface area (Å²) in [5.74, 6) is 1.59. The fraction of sp³-hybridized carbons (Fsp3) is 0.250. The van der Waals surface area contributed by atoms with Crippen LogP contribution in [-0.4, -0.2) is 14.2 Å². The predicted molar refractivity (Wildman–Crippen MR) is 94.1 cm³/mol. The third-order valence-corrected chi connectivity index (χ3v) is 4.82. The van der Waals surface area contributed by atoms with E-state index in [1.54, 1.807) is 14.2 Å². The minimum absolute atomic E-state index is 0.105. The van der Waals surface area contributed by atoms with E-state index >= 15 is 0 Å². The Bertz CT molecular complexity index is 632. The third-order valence-electron chi connectivity index (χ3n) is 3.15. The fourth-order valence-electron chi connectivity index (χ4n) is 2.11. The molecule has 0 aliphatic heterocycles. The second-order valence-electron chi connectivity index (χ2n) is 4.53. The Balaban J connectivity index is 2.31. The smallest absolute Gasteiger partial charge is 0.133 e. The Morgan fingerprint density at radius 1 is 1.10 bits per heavy atom. The van der Waals surface area contributed by atoms with Crippen LogP contribution in [0.2, 0.25) is 5.02 Å². The average Bonchev–Trinajstić information content (AvgIpc) is 2.46. The molecule has 0 aliphatic carbocycles. The molecule has 0 amide bonds. The van der Waals surface area contributed by atoms with Crippen molar-refractivity contribution >= 4 is 43.5 Å². The van der Waals surface area contributed by atoms with Crippen LogP contribution in [-0.2, 0) is 6.42 Å². The molecular weight excluding hydrogens is 419 g/mol. The van der Waals surface area contributed by atoms with Crippen molar-refractivity contribution in [2.24, 2.45) is 0 Å². The van der Waals surface area contributed by atoms with Gasteiger partial charge in [-0.15, -0.1) is 0 Å². The zero-order valence-electron chi connectivity index (χ0n) is 11.7. The summed E-state index contributed by atoms with van der Waals surface area (Å²) in [5, 5.41) is 0.743. The fourth-order valence-corrected chi connectivity index (χ4v) is 3.54. The van der Waals surface area contributed by atoms with Crippen molar-refractivity contribution in [1.82, 2.24) is 0 Å². The predicted octanol–water partition coefficient (Wildman–Crippen LogP) is 5.80. The van der Waals surface area contributed by atoms with E-state index in [0.717, 1.165) is 38.5 Å². The van der Waals surface area contributed by atoms with Gasteiger partial charge in [-0.25, -0.2) is 0 Å². The highest BCUT2D eigenvalue weighted by molar-refractivity contribution is 9.10. The number of halogens is 3. The minimum Gasteiger partial charge on any atom is -0.496 e. The molecule has 1 unspecified atom stereocenters. The lowest BCUT2D eigenvalue weighted by Gasteiger charge is -2.17. The molecule has 0 heterocycles. The van der Waals surface area contributed by atoms with E-state index < -0.39 is 0 Å². The third kappa shape index (κ3) is 4.15. The monoisotopic (exact) mass is 432 g/mol. The summed E-state index contributed by atoms with van der Waals surface area (Å²) in [6, 6.07) is 11.8. The zero-order valence-corrected chi connectivity index (χ0v) is 15.6. The van der Waals surface area contributed by atoms with Crippen LogP contribution in [0.1, 0.15) is 16.0 Å². The highest BCUT2D eigenvalue weighted by Gasteiger charge is 2.17. The maximum Gasteiger partial charge on any atom is 0.133 e. The molecule has 2 nitrogen and oxygen atoms in total. The maximum absolute atomic E-state index is 6.04. The van der Waals surface area contributed by atoms with Crippen LogP contribution in [0.25, 0.3) is 0 Å². The van der Waals surface area contributed by atoms with Gasteiger partial charge in [-0.1, -0.05) is 39.7 Å². The molecule has 0 aliphatic rings. The quantitative estimate of drug-likeness (QED) is 0.554. The summed E-state index contributed by atoms with van der Waals surface area (Å²) in [6.45, 7) is 0. The number of hydrogen-bond acceptors (Lipinski definition) is 2. The number of methoxy groups -OCH3 is 2. The van der Waals surface area contributed by atoms with Gasteiger partial charge in [0.1, 0.15) is 11.5 Å². The molecule has 1 atom stereocenters. The van der Waals surface area contributed by atoms with Crippen LogP contribution in [0.3, 0.4) is 0 Å². The van der Waals surface area contributed by atoms with Gasteiger partial charge in [0.25, 0.3) is 0 Å². The Labute approximate surface area is 146 Å². The molecule has 0 fully saturated rings. The first-order valence-corrected chi connectivity index (χ1v) is 8.43. The SMILES string of the molecule is COc1cc(C(Br)Cc2cccc(Cl)c2)c(OC)cc1Br. The lowest BCUT2D eigenvalue weighted by atomic mass is 10.0. The summed E-state index contributed by atoms with van der Waals surface area (Å²) in [6.07, 6.45) is 0.807. The van der Waals surface area contributed by atoms with Crippen LogP contribution in [0.4, 0.5) is 0 Å². The van der Waals surface area contributed by atoms with Gasteiger partial charge in [-0.2, -0.15) is 0 Å². The Morgan fingerprint density at radius 3 is 2.43 bits per heavy atom. The van der Waals surface area contributed by atoms with Crippen LogP contribution < -0.4 is 9.47 Å². The van der Waals surface area contributed by atoms with Crippen LogP contribution in [0.5, 0.6) is 11.5 Å². The normalized spacial score (nSPS) is 12.0. The summed E-state index contributed by atoms with van der Waals surface area (Å²) < 4.78 is 11.7. The topological polar surface area (TPSA) is 18.5 Å². The van der Waals surface area contributed by atoms with Gasteiger partial charge in [0.15, 0.2) is 0 Å².